The van der Waals surface area contributed by atoms with Crippen LogP contribution in [-0.2, 0) is 16.1 Å². The van der Waals surface area contributed by atoms with Crippen LogP contribution < -0.4 is 16.8 Å². The average molecular weight is 278 g/mol. The second-order valence-electron chi connectivity index (χ2n) is 4.87. The molecule has 0 aromatic heterocycles. The van der Waals surface area contributed by atoms with E-state index in [1.807, 2.05) is 32.0 Å². The summed E-state index contributed by atoms with van der Waals surface area (Å²) in [6, 6.07) is 7.41. The molecule has 0 saturated carbocycles. The molecule has 6 heteroatoms. The third-order valence-electron chi connectivity index (χ3n) is 2.95. The minimum absolute atomic E-state index is 0.0537. The van der Waals surface area contributed by atoms with E-state index in [-0.39, 0.29) is 25.0 Å². The molecule has 0 unspecified atom stereocenters. The van der Waals surface area contributed by atoms with Crippen LogP contribution in [0.2, 0.25) is 0 Å². The van der Waals surface area contributed by atoms with Crippen molar-refractivity contribution >= 4 is 17.5 Å². The van der Waals surface area contributed by atoms with Gasteiger partial charge in [-0.2, -0.15) is 0 Å². The molecule has 0 heterocycles. The number of carbonyl (C=O) groups excluding carboxylic acids is 2. The summed E-state index contributed by atoms with van der Waals surface area (Å²) in [6.45, 7) is 4.34. The van der Waals surface area contributed by atoms with Crippen molar-refractivity contribution in [1.82, 2.24) is 4.90 Å². The molecule has 0 bridgehead atoms. The maximum atomic E-state index is 12.0. The third-order valence-corrected chi connectivity index (χ3v) is 2.95. The molecule has 0 aliphatic carbocycles. The van der Waals surface area contributed by atoms with Gasteiger partial charge >= 0.3 is 0 Å². The Hall–Kier alpha value is -1.92. The van der Waals surface area contributed by atoms with Gasteiger partial charge in [-0.15, -0.1) is 0 Å². The lowest BCUT2D eigenvalue weighted by Gasteiger charge is -2.24. The molecular formula is C14H22N4O2. The van der Waals surface area contributed by atoms with E-state index in [1.54, 1.807) is 11.0 Å². The Labute approximate surface area is 119 Å². The van der Waals surface area contributed by atoms with Gasteiger partial charge in [-0.1, -0.05) is 18.2 Å². The lowest BCUT2D eigenvalue weighted by Crippen LogP contribution is -2.43. The van der Waals surface area contributed by atoms with Crippen LogP contribution in [0.25, 0.3) is 0 Å². The number of nitrogens with zero attached hydrogens (tertiary/aromatic N) is 1. The molecule has 5 N–H and O–H groups in total. The number of hydrogen-bond acceptors (Lipinski definition) is 4. The largest absolute Gasteiger partial charge is 0.369 e. The van der Waals surface area contributed by atoms with Crippen molar-refractivity contribution < 1.29 is 9.59 Å². The Morgan fingerprint density at radius 3 is 2.45 bits per heavy atom. The van der Waals surface area contributed by atoms with Gasteiger partial charge in [0.1, 0.15) is 0 Å². The van der Waals surface area contributed by atoms with Gasteiger partial charge in [-0.3, -0.25) is 14.5 Å². The van der Waals surface area contributed by atoms with Crippen LogP contribution in [0.3, 0.4) is 0 Å². The fourth-order valence-corrected chi connectivity index (χ4v) is 1.82. The lowest BCUT2D eigenvalue weighted by atomic mass is 10.2. The molecule has 1 aromatic carbocycles. The van der Waals surface area contributed by atoms with Gasteiger partial charge in [0.25, 0.3) is 0 Å². The minimum Gasteiger partial charge on any atom is -0.369 e. The number of rotatable bonds is 7. The summed E-state index contributed by atoms with van der Waals surface area (Å²) < 4.78 is 0. The van der Waals surface area contributed by atoms with E-state index in [1.165, 1.54) is 0 Å². The summed E-state index contributed by atoms with van der Waals surface area (Å²) in [5.41, 5.74) is 12.4. The zero-order chi connectivity index (χ0) is 15.1. The maximum Gasteiger partial charge on any atom is 0.238 e. The van der Waals surface area contributed by atoms with Crippen molar-refractivity contribution in [3.05, 3.63) is 29.8 Å². The van der Waals surface area contributed by atoms with E-state index in [0.29, 0.717) is 12.2 Å². The predicted molar refractivity (Wildman–Crippen MR) is 78.9 cm³/mol. The third kappa shape index (κ3) is 4.99. The number of benzene rings is 1. The molecule has 0 atom stereocenters. The van der Waals surface area contributed by atoms with Crippen LogP contribution in [0, 0.1) is 0 Å². The smallest absolute Gasteiger partial charge is 0.238 e. The summed E-state index contributed by atoms with van der Waals surface area (Å²) in [6.07, 6.45) is 0. The average Bonchev–Trinajstić information content (AvgIpc) is 2.37. The van der Waals surface area contributed by atoms with E-state index in [0.717, 1.165) is 5.56 Å². The van der Waals surface area contributed by atoms with Crippen LogP contribution in [-0.4, -0.2) is 35.8 Å². The van der Waals surface area contributed by atoms with Gasteiger partial charge in [0.2, 0.25) is 11.8 Å². The van der Waals surface area contributed by atoms with E-state index < -0.39 is 5.91 Å². The summed E-state index contributed by atoms with van der Waals surface area (Å²) in [4.78, 5) is 24.7. The molecule has 0 saturated heterocycles. The Kier molecular flexibility index (Phi) is 6.14. The molecule has 0 fully saturated rings. The molecule has 0 aliphatic heterocycles. The van der Waals surface area contributed by atoms with Crippen molar-refractivity contribution in [3.8, 4) is 0 Å². The molecule has 110 valence electrons. The topological polar surface area (TPSA) is 101 Å². The molecule has 20 heavy (non-hydrogen) atoms. The van der Waals surface area contributed by atoms with Crippen LogP contribution in [0.5, 0.6) is 0 Å². The van der Waals surface area contributed by atoms with Crippen molar-refractivity contribution in [1.29, 1.82) is 0 Å². The number of para-hydroxylation sites is 1. The van der Waals surface area contributed by atoms with Gasteiger partial charge in [0.05, 0.1) is 13.1 Å². The zero-order valence-corrected chi connectivity index (χ0v) is 11.9. The molecule has 0 radical (unpaired) electrons. The Bertz CT molecular complexity index is 474. The summed E-state index contributed by atoms with van der Waals surface area (Å²) in [7, 11) is 0. The number of amides is 2. The van der Waals surface area contributed by atoms with E-state index >= 15 is 0 Å². The van der Waals surface area contributed by atoms with Crippen LogP contribution in [0.15, 0.2) is 24.3 Å². The molecule has 1 rings (SSSR count). The quantitative estimate of drug-likeness (QED) is 0.666. The highest BCUT2D eigenvalue weighted by Gasteiger charge is 2.16. The number of hydrogen-bond donors (Lipinski definition) is 3. The number of anilines is 1. The summed E-state index contributed by atoms with van der Waals surface area (Å²) in [5.74, 6) is -0.644. The highest BCUT2D eigenvalue weighted by molar-refractivity contribution is 5.93. The zero-order valence-electron chi connectivity index (χ0n) is 11.9. The van der Waals surface area contributed by atoms with Gasteiger partial charge in [-0.25, -0.2) is 0 Å². The highest BCUT2D eigenvalue weighted by atomic mass is 16.2. The lowest BCUT2D eigenvalue weighted by molar-refractivity contribution is -0.121. The van der Waals surface area contributed by atoms with Crippen molar-refractivity contribution in [2.45, 2.75) is 26.4 Å². The number of nitrogens with two attached hydrogens (primary N) is 2. The summed E-state index contributed by atoms with van der Waals surface area (Å²) in [5, 5.41) is 2.81. The molecule has 2 amide bonds. The van der Waals surface area contributed by atoms with Gasteiger partial charge < -0.3 is 16.8 Å². The minimum atomic E-state index is -0.450. The van der Waals surface area contributed by atoms with Crippen LogP contribution in [0.4, 0.5) is 5.69 Å². The normalized spacial score (nSPS) is 10.8. The van der Waals surface area contributed by atoms with Crippen molar-refractivity contribution in [3.63, 3.8) is 0 Å². The first-order chi connectivity index (χ1) is 9.43. The first-order valence-electron chi connectivity index (χ1n) is 6.54. The summed E-state index contributed by atoms with van der Waals surface area (Å²) >= 11 is 0. The standard InChI is InChI=1S/C14H22N4O2/c1-10(2)18(8-13(16)19)9-14(20)17-12-6-4-3-5-11(12)7-15/h3-6,10H,7-9,15H2,1-2H3,(H2,16,19)(H,17,20). The Morgan fingerprint density at radius 2 is 1.90 bits per heavy atom. The second kappa shape index (κ2) is 7.62. The van der Waals surface area contributed by atoms with Gasteiger partial charge in [0.15, 0.2) is 0 Å². The molecule has 0 spiro atoms. The fourth-order valence-electron chi connectivity index (χ4n) is 1.82. The van der Waals surface area contributed by atoms with Gasteiger partial charge in [-0.05, 0) is 25.5 Å². The maximum absolute atomic E-state index is 12.0. The highest BCUT2D eigenvalue weighted by Crippen LogP contribution is 2.14. The number of carbonyl (C=O) groups is 2. The van der Waals surface area contributed by atoms with E-state index in [9.17, 15) is 9.59 Å². The second-order valence-corrected chi connectivity index (χ2v) is 4.87. The SMILES string of the molecule is CC(C)N(CC(N)=O)CC(=O)Nc1ccccc1CN. The Balaban J connectivity index is 2.68. The Morgan fingerprint density at radius 1 is 1.25 bits per heavy atom. The number of nitrogens with one attached hydrogen (secondary N) is 1. The van der Waals surface area contributed by atoms with Crippen molar-refractivity contribution in [2.75, 3.05) is 18.4 Å². The molecular weight excluding hydrogens is 256 g/mol. The van der Waals surface area contributed by atoms with Crippen LogP contribution >= 0.6 is 0 Å². The van der Waals surface area contributed by atoms with Crippen LogP contribution in [0.1, 0.15) is 19.4 Å². The fraction of sp³-hybridized carbons (Fsp3) is 0.429. The molecule has 6 nitrogen and oxygen atoms in total. The van der Waals surface area contributed by atoms with E-state index in [2.05, 4.69) is 5.32 Å². The van der Waals surface area contributed by atoms with E-state index in [4.69, 9.17) is 11.5 Å². The molecule has 0 aliphatic rings. The molecule has 1 aromatic rings. The monoisotopic (exact) mass is 278 g/mol. The predicted octanol–water partition coefficient (Wildman–Crippen LogP) is 0.280. The first kappa shape index (κ1) is 16.1. The number of primary amides is 1. The first-order valence-corrected chi connectivity index (χ1v) is 6.54. The van der Waals surface area contributed by atoms with Crippen molar-refractivity contribution in [2.24, 2.45) is 11.5 Å². The van der Waals surface area contributed by atoms with Gasteiger partial charge in [0, 0.05) is 18.3 Å².